The van der Waals surface area contributed by atoms with Gasteiger partial charge in [-0.1, -0.05) is 12.1 Å². The van der Waals surface area contributed by atoms with Gasteiger partial charge in [-0.15, -0.1) is 0 Å². The van der Waals surface area contributed by atoms with E-state index < -0.39 is 6.10 Å². The van der Waals surface area contributed by atoms with E-state index in [2.05, 4.69) is 21.2 Å². The molecule has 0 fully saturated rings. The number of methoxy groups -OCH3 is 1. The van der Waals surface area contributed by atoms with Crippen molar-refractivity contribution in [3.8, 4) is 11.5 Å². The summed E-state index contributed by atoms with van der Waals surface area (Å²) < 4.78 is 11.6. The largest absolute Gasteiger partial charge is 0.496 e. The van der Waals surface area contributed by atoms with Gasteiger partial charge in [-0.25, -0.2) is 0 Å². The van der Waals surface area contributed by atoms with E-state index in [1.165, 1.54) is 0 Å². The van der Waals surface area contributed by atoms with Crippen LogP contribution in [-0.4, -0.2) is 38.6 Å². The van der Waals surface area contributed by atoms with Crippen molar-refractivity contribution in [1.82, 2.24) is 5.32 Å². The van der Waals surface area contributed by atoms with Gasteiger partial charge < -0.3 is 19.7 Å². The molecular formula is C18H17BrN2O4. The molecule has 1 atom stereocenters. The number of likely N-dealkylation sites (N-methyl/N-ethyl adjacent to an activating group) is 1. The third kappa shape index (κ3) is 3.32. The van der Waals surface area contributed by atoms with E-state index in [0.29, 0.717) is 27.2 Å². The lowest BCUT2D eigenvalue weighted by molar-refractivity contribution is -0.127. The van der Waals surface area contributed by atoms with Crippen molar-refractivity contribution in [3.63, 3.8) is 0 Å². The Kier molecular flexibility index (Phi) is 4.94. The molecule has 7 heteroatoms. The second-order valence-corrected chi connectivity index (χ2v) is 6.31. The molecule has 0 saturated carbocycles. The Morgan fingerprint density at radius 1 is 1.28 bits per heavy atom. The number of anilines is 1. The number of hydrogen-bond acceptors (Lipinski definition) is 4. The summed E-state index contributed by atoms with van der Waals surface area (Å²) >= 11 is 3.39. The number of benzene rings is 2. The second-order valence-electron chi connectivity index (χ2n) is 5.45. The maximum absolute atomic E-state index is 13.0. The molecule has 0 bridgehead atoms. The zero-order valence-electron chi connectivity index (χ0n) is 13.8. The van der Waals surface area contributed by atoms with Crippen molar-refractivity contribution in [2.75, 3.05) is 25.6 Å². The number of fused-ring (bicyclic) bond motifs is 1. The SMILES string of the molecule is CNC(=O)[C@H]1CN(C(=O)c2ccc(OC)c(Br)c2)c2ccccc2O1. The predicted molar refractivity (Wildman–Crippen MR) is 97.3 cm³/mol. The molecule has 2 aromatic rings. The summed E-state index contributed by atoms with van der Waals surface area (Å²) in [5.74, 6) is 0.654. The molecule has 1 aliphatic heterocycles. The monoisotopic (exact) mass is 404 g/mol. The molecule has 1 N–H and O–H groups in total. The molecule has 0 unspecified atom stereocenters. The summed E-state index contributed by atoms with van der Waals surface area (Å²) in [6.07, 6.45) is -0.759. The maximum atomic E-state index is 13.0. The number of hydrogen-bond donors (Lipinski definition) is 1. The Hall–Kier alpha value is -2.54. The van der Waals surface area contributed by atoms with Crippen LogP contribution in [0.5, 0.6) is 11.5 Å². The van der Waals surface area contributed by atoms with Gasteiger partial charge in [0.2, 0.25) is 0 Å². The Morgan fingerprint density at radius 2 is 2.04 bits per heavy atom. The Morgan fingerprint density at radius 3 is 2.72 bits per heavy atom. The Bertz CT molecular complexity index is 824. The normalized spacial score (nSPS) is 15.8. The number of amides is 2. The van der Waals surface area contributed by atoms with Gasteiger partial charge in [0.15, 0.2) is 6.10 Å². The summed E-state index contributed by atoms with van der Waals surface area (Å²) in [7, 11) is 3.10. The summed E-state index contributed by atoms with van der Waals surface area (Å²) in [6.45, 7) is 0.138. The van der Waals surface area contributed by atoms with Gasteiger partial charge in [-0.2, -0.15) is 0 Å². The van der Waals surface area contributed by atoms with E-state index in [9.17, 15) is 9.59 Å². The highest BCUT2D eigenvalue weighted by atomic mass is 79.9. The van der Waals surface area contributed by atoms with E-state index in [0.717, 1.165) is 0 Å². The average Bonchev–Trinajstić information content (AvgIpc) is 2.65. The van der Waals surface area contributed by atoms with Crippen molar-refractivity contribution < 1.29 is 19.1 Å². The second kappa shape index (κ2) is 7.14. The molecule has 2 aromatic carbocycles. The number of rotatable bonds is 3. The molecule has 25 heavy (non-hydrogen) atoms. The standard InChI is InChI=1S/C18H17BrN2O4/c1-20-17(22)16-10-21(13-5-3-4-6-15(13)25-16)18(23)11-7-8-14(24-2)12(19)9-11/h3-9,16H,10H2,1-2H3,(H,20,22)/t16-/m1/s1. The van der Waals surface area contributed by atoms with E-state index in [1.54, 1.807) is 55.5 Å². The molecule has 1 heterocycles. The van der Waals surface area contributed by atoms with E-state index in [1.807, 2.05) is 6.07 Å². The topological polar surface area (TPSA) is 67.9 Å². The number of nitrogens with zero attached hydrogens (tertiary/aromatic N) is 1. The fourth-order valence-electron chi connectivity index (χ4n) is 2.68. The van der Waals surface area contributed by atoms with Crippen LogP contribution < -0.4 is 19.7 Å². The Balaban J connectivity index is 1.98. The maximum Gasteiger partial charge on any atom is 0.262 e. The number of halogens is 1. The van der Waals surface area contributed by atoms with Crippen molar-refractivity contribution in [1.29, 1.82) is 0 Å². The highest BCUT2D eigenvalue weighted by Gasteiger charge is 2.33. The van der Waals surface area contributed by atoms with E-state index in [-0.39, 0.29) is 18.4 Å². The minimum atomic E-state index is -0.759. The first-order valence-corrected chi connectivity index (χ1v) is 8.47. The highest BCUT2D eigenvalue weighted by Crippen LogP contribution is 2.35. The van der Waals surface area contributed by atoms with E-state index >= 15 is 0 Å². The van der Waals surface area contributed by atoms with Crippen LogP contribution in [0.4, 0.5) is 5.69 Å². The van der Waals surface area contributed by atoms with Crippen LogP contribution in [-0.2, 0) is 4.79 Å². The van der Waals surface area contributed by atoms with Crippen LogP contribution in [0.25, 0.3) is 0 Å². The van der Waals surface area contributed by atoms with E-state index in [4.69, 9.17) is 9.47 Å². The fraction of sp³-hybridized carbons (Fsp3) is 0.222. The first kappa shape index (κ1) is 17.3. The zero-order valence-corrected chi connectivity index (χ0v) is 15.4. The zero-order chi connectivity index (χ0) is 18.0. The van der Waals surface area contributed by atoms with Crippen molar-refractivity contribution >= 4 is 33.4 Å². The van der Waals surface area contributed by atoms with Gasteiger partial charge in [0, 0.05) is 12.6 Å². The molecule has 0 radical (unpaired) electrons. The molecular weight excluding hydrogens is 388 g/mol. The van der Waals surface area contributed by atoms with Crippen molar-refractivity contribution in [2.24, 2.45) is 0 Å². The lowest BCUT2D eigenvalue weighted by Crippen LogP contribution is -2.50. The van der Waals surface area contributed by atoms with Crippen LogP contribution >= 0.6 is 15.9 Å². The lowest BCUT2D eigenvalue weighted by atomic mass is 10.1. The molecule has 0 spiro atoms. The quantitative estimate of drug-likeness (QED) is 0.853. The van der Waals surface area contributed by atoms with Gasteiger partial charge in [0.25, 0.3) is 11.8 Å². The summed E-state index contributed by atoms with van der Waals surface area (Å²) in [5, 5.41) is 2.56. The molecule has 0 aromatic heterocycles. The molecule has 0 aliphatic carbocycles. The van der Waals surface area contributed by atoms with Crippen LogP contribution in [0.3, 0.4) is 0 Å². The smallest absolute Gasteiger partial charge is 0.262 e. The summed E-state index contributed by atoms with van der Waals surface area (Å²) in [4.78, 5) is 26.6. The third-order valence-corrected chi connectivity index (χ3v) is 4.58. The van der Waals surface area contributed by atoms with Crippen LogP contribution in [0.15, 0.2) is 46.9 Å². The first-order valence-electron chi connectivity index (χ1n) is 7.68. The first-order chi connectivity index (χ1) is 12.0. The van der Waals surface area contributed by atoms with Gasteiger partial charge in [0.05, 0.1) is 23.8 Å². The average molecular weight is 405 g/mol. The molecule has 6 nitrogen and oxygen atoms in total. The van der Waals surface area contributed by atoms with Crippen molar-refractivity contribution in [3.05, 3.63) is 52.5 Å². The Labute approximate surface area is 153 Å². The number of carbonyl (C=O) groups excluding carboxylic acids is 2. The molecule has 130 valence electrons. The number of nitrogens with one attached hydrogen (secondary N) is 1. The van der Waals surface area contributed by atoms with Crippen LogP contribution in [0.2, 0.25) is 0 Å². The van der Waals surface area contributed by atoms with Gasteiger partial charge in [-0.3, -0.25) is 9.59 Å². The van der Waals surface area contributed by atoms with Gasteiger partial charge >= 0.3 is 0 Å². The predicted octanol–water partition coefficient (Wildman–Crippen LogP) is 2.61. The fourth-order valence-corrected chi connectivity index (χ4v) is 3.22. The minimum absolute atomic E-state index is 0.138. The summed E-state index contributed by atoms with van der Waals surface area (Å²) in [5.41, 5.74) is 1.12. The van der Waals surface area contributed by atoms with Crippen molar-refractivity contribution in [2.45, 2.75) is 6.10 Å². The molecule has 3 rings (SSSR count). The minimum Gasteiger partial charge on any atom is -0.496 e. The highest BCUT2D eigenvalue weighted by molar-refractivity contribution is 9.10. The molecule has 2 amide bonds. The number of para-hydroxylation sites is 2. The number of carbonyl (C=O) groups is 2. The van der Waals surface area contributed by atoms with Crippen LogP contribution in [0, 0.1) is 0 Å². The van der Waals surface area contributed by atoms with Gasteiger partial charge in [-0.05, 0) is 46.3 Å². The molecule has 1 aliphatic rings. The molecule has 0 saturated heterocycles. The summed E-state index contributed by atoms with van der Waals surface area (Å²) in [6, 6.07) is 12.3. The third-order valence-electron chi connectivity index (χ3n) is 3.96. The van der Waals surface area contributed by atoms with Crippen LogP contribution in [0.1, 0.15) is 10.4 Å². The number of ether oxygens (including phenoxy) is 2. The van der Waals surface area contributed by atoms with Gasteiger partial charge in [0.1, 0.15) is 11.5 Å². The lowest BCUT2D eigenvalue weighted by Gasteiger charge is -2.34.